The molecule has 2 aromatic rings. The molecule has 0 fully saturated rings. The number of anilines is 2. The van der Waals surface area contributed by atoms with E-state index in [1.165, 1.54) is 25.7 Å². The summed E-state index contributed by atoms with van der Waals surface area (Å²) in [6.45, 7) is 5.50. The van der Waals surface area contributed by atoms with Gasteiger partial charge >= 0.3 is 0 Å². The maximum atomic E-state index is 4.46. The van der Waals surface area contributed by atoms with Crippen molar-refractivity contribution in [3.05, 3.63) is 6.20 Å². The first kappa shape index (κ1) is 15.5. The van der Waals surface area contributed by atoms with Crippen LogP contribution in [-0.4, -0.2) is 33.8 Å². The van der Waals surface area contributed by atoms with Gasteiger partial charge in [0.05, 0.1) is 11.6 Å². The summed E-state index contributed by atoms with van der Waals surface area (Å²) >= 11 is 0. The monoisotopic (exact) mass is 290 g/mol. The highest BCUT2D eigenvalue weighted by molar-refractivity contribution is 5.86. The third-order valence-electron chi connectivity index (χ3n) is 3.53. The van der Waals surface area contributed by atoms with Crippen molar-refractivity contribution in [1.29, 1.82) is 0 Å². The molecule has 0 atom stereocenters. The van der Waals surface area contributed by atoms with Crippen LogP contribution >= 0.6 is 0 Å². The summed E-state index contributed by atoms with van der Waals surface area (Å²) in [7, 11) is 1.82. The fourth-order valence-electron chi connectivity index (χ4n) is 2.32. The van der Waals surface area contributed by atoms with Crippen molar-refractivity contribution in [2.24, 2.45) is 5.92 Å². The molecule has 0 spiro atoms. The number of aromatic nitrogens is 4. The zero-order chi connectivity index (χ0) is 15.1. The average Bonchev–Trinajstić information content (AvgIpc) is 2.94. The lowest BCUT2D eigenvalue weighted by molar-refractivity contribution is 0.523. The van der Waals surface area contributed by atoms with E-state index in [0.29, 0.717) is 5.95 Å². The molecule has 0 saturated carbocycles. The van der Waals surface area contributed by atoms with Gasteiger partial charge in [0, 0.05) is 13.6 Å². The van der Waals surface area contributed by atoms with Gasteiger partial charge in [-0.2, -0.15) is 15.1 Å². The van der Waals surface area contributed by atoms with Gasteiger partial charge in [0.2, 0.25) is 5.95 Å². The van der Waals surface area contributed by atoms with Crippen molar-refractivity contribution >= 4 is 22.8 Å². The standard InChI is InChI=1S/C15H26N6/c1-11(2)8-6-4-5-7-9-17-13-12-10-18-21-14(12)20-15(16-3)19-13/h10-11H,4-9H2,1-3H3,(H3,16,17,18,19,20,21). The molecule has 0 unspecified atom stereocenters. The van der Waals surface area contributed by atoms with E-state index in [4.69, 9.17) is 0 Å². The maximum Gasteiger partial charge on any atom is 0.226 e. The van der Waals surface area contributed by atoms with Crippen LogP contribution in [0.15, 0.2) is 6.20 Å². The van der Waals surface area contributed by atoms with E-state index in [9.17, 15) is 0 Å². The number of hydrogen-bond acceptors (Lipinski definition) is 5. The fourth-order valence-corrected chi connectivity index (χ4v) is 2.32. The van der Waals surface area contributed by atoms with Crippen molar-refractivity contribution in [2.75, 3.05) is 24.2 Å². The summed E-state index contributed by atoms with van der Waals surface area (Å²) in [5.41, 5.74) is 0.758. The van der Waals surface area contributed by atoms with Crippen molar-refractivity contribution < 1.29 is 0 Å². The SMILES string of the molecule is CNc1nc(NCCCCCCC(C)C)c2cn[nH]c2n1. The highest BCUT2D eigenvalue weighted by Gasteiger charge is 2.08. The van der Waals surface area contributed by atoms with Crippen LogP contribution in [0, 0.1) is 5.92 Å². The van der Waals surface area contributed by atoms with Crippen LogP contribution in [-0.2, 0) is 0 Å². The highest BCUT2D eigenvalue weighted by Crippen LogP contribution is 2.19. The Morgan fingerprint density at radius 1 is 1.14 bits per heavy atom. The summed E-state index contributed by atoms with van der Waals surface area (Å²) in [6, 6.07) is 0. The van der Waals surface area contributed by atoms with Crippen LogP contribution in [0.25, 0.3) is 11.0 Å². The predicted octanol–water partition coefficient (Wildman–Crippen LogP) is 3.41. The van der Waals surface area contributed by atoms with E-state index < -0.39 is 0 Å². The molecule has 116 valence electrons. The first-order valence-electron chi connectivity index (χ1n) is 7.83. The second-order valence-corrected chi connectivity index (χ2v) is 5.80. The van der Waals surface area contributed by atoms with Gasteiger partial charge in [-0.25, -0.2) is 0 Å². The van der Waals surface area contributed by atoms with E-state index in [0.717, 1.165) is 35.7 Å². The lowest BCUT2D eigenvalue weighted by Gasteiger charge is -2.08. The second-order valence-electron chi connectivity index (χ2n) is 5.80. The molecule has 6 heteroatoms. The molecule has 2 rings (SSSR count). The minimum Gasteiger partial charge on any atom is -0.369 e. The molecule has 2 heterocycles. The van der Waals surface area contributed by atoms with Crippen LogP contribution in [0.3, 0.4) is 0 Å². The lowest BCUT2D eigenvalue weighted by atomic mass is 10.0. The Balaban J connectivity index is 1.79. The van der Waals surface area contributed by atoms with E-state index in [1.54, 1.807) is 6.20 Å². The molecule has 6 nitrogen and oxygen atoms in total. The molecule has 0 amide bonds. The van der Waals surface area contributed by atoms with Gasteiger partial charge in [0.25, 0.3) is 0 Å². The largest absolute Gasteiger partial charge is 0.369 e. The molecule has 0 bridgehead atoms. The molecule has 2 aromatic heterocycles. The lowest BCUT2D eigenvalue weighted by Crippen LogP contribution is -2.06. The zero-order valence-electron chi connectivity index (χ0n) is 13.2. The average molecular weight is 290 g/mol. The smallest absolute Gasteiger partial charge is 0.226 e. The Hall–Kier alpha value is -1.85. The third-order valence-corrected chi connectivity index (χ3v) is 3.53. The Morgan fingerprint density at radius 2 is 1.95 bits per heavy atom. The number of unbranched alkanes of at least 4 members (excludes halogenated alkanes) is 3. The summed E-state index contributed by atoms with van der Waals surface area (Å²) < 4.78 is 0. The topological polar surface area (TPSA) is 78.5 Å². The van der Waals surface area contributed by atoms with Gasteiger partial charge in [0.15, 0.2) is 5.65 Å². The number of fused-ring (bicyclic) bond motifs is 1. The predicted molar refractivity (Wildman–Crippen MR) is 87.6 cm³/mol. The number of H-pyrrole nitrogens is 1. The quantitative estimate of drug-likeness (QED) is 0.617. The van der Waals surface area contributed by atoms with Crippen LogP contribution in [0.5, 0.6) is 0 Å². The van der Waals surface area contributed by atoms with E-state index >= 15 is 0 Å². The van der Waals surface area contributed by atoms with Crippen LogP contribution in [0.1, 0.15) is 46.0 Å². The number of aromatic amines is 1. The highest BCUT2D eigenvalue weighted by atomic mass is 15.2. The minimum atomic E-state index is 0.603. The number of nitrogens with one attached hydrogen (secondary N) is 3. The van der Waals surface area contributed by atoms with Crippen LogP contribution in [0.4, 0.5) is 11.8 Å². The molecular formula is C15H26N6. The van der Waals surface area contributed by atoms with Crippen molar-refractivity contribution in [2.45, 2.75) is 46.0 Å². The molecule has 0 saturated heterocycles. The van der Waals surface area contributed by atoms with E-state index in [1.807, 2.05) is 7.05 Å². The third kappa shape index (κ3) is 4.58. The van der Waals surface area contributed by atoms with Gasteiger partial charge in [0.1, 0.15) is 5.82 Å². The van der Waals surface area contributed by atoms with E-state index in [2.05, 4.69) is 44.6 Å². The van der Waals surface area contributed by atoms with E-state index in [-0.39, 0.29) is 0 Å². The zero-order valence-corrected chi connectivity index (χ0v) is 13.2. The van der Waals surface area contributed by atoms with Crippen LogP contribution < -0.4 is 10.6 Å². The number of rotatable bonds is 9. The first-order valence-corrected chi connectivity index (χ1v) is 7.83. The van der Waals surface area contributed by atoms with Crippen LogP contribution in [0.2, 0.25) is 0 Å². The minimum absolute atomic E-state index is 0.603. The van der Waals surface area contributed by atoms with Crippen molar-refractivity contribution in [3.8, 4) is 0 Å². The molecule has 21 heavy (non-hydrogen) atoms. The molecule has 3 N–H and O–H groups in total. The van der Waals surface area contributed by atoms with Gasteiger partial charge in [-0.05, 0) is 12.3 Å². The maximum absolute atomic E-state index is 4.46. The summed E-state index contributed by atoms with van der Waals surface area (Å²) in [4.78, 5) is 8.77. The summed E-state index contributed by atoms with van der Waals surface area (Å²) in [6.07, 6.45) is 8.17. The van der Waals surface area contributed by atoms with Gasteiger partial charge in [-0.3, -0.25) is 5.10 Å². The van der Waals surface area contributed by atoms with Crippen molar-refractivity contribution in [1.82, 2.24) is 20.2 Å². The second kappa shape index (κ2) is 7.81. The van der Waals surface area contributed by atoms with Gasteiger partial charge in [-0.1, -0.05) is 39.5 Å². The Kier molecular flexibility index (Phi) is 5.78. The van der Waals surface area contributed by atoms with Gasteiger partial charge in [-0.15, -0.1) is 0 Å². The Labute approximate surface area is 126 Å². The molecule has 0 aromatic carbocycles. The first-order chi connectivity index (χ1) is 10.2. The molecule has 0 aliphatic rings. The summed E-state index contributed by atoms with van der Waals surface area (Å²) in [5, 5.41) is 14.2. The molecule has 0 aliphatic carbocycles. The Bertz CT molecular complexity index is 548. The number of hydrogen-bond donors (Lipinski definition) is 3. The number of nitrogens with zero attached hydrogens (tertiary/aromatic N) is 3. The normalized spacial score (nSPS) is 11.2. The molecule has 0 aliphatic heterocycles. The molecular weight excluding hydrogens is 264 g/mol. The summed E-state index contributed by atoms with van der Waals surface area (Å²) in [5.74, 6) is 2.27. The fraction of sp³-hybridized carbons (Fsp3) is 0.667. The Morgan fingerprint density at radius 3 is 2.71 bits per heavy atom. The van der Waals surface area contributed by atoms with Crippen molar-refractivity contribution in [3.63, 3.8) is 0 Å². The molecule has 0 radical (unpaired) electrons. The van der Waals surface area contributed by atoms with Gasteiger partial charge < -0.3 is 10.6 Å².